The fourth-order valence-corrected chi connectivity index (χ4v) is 4.11. The van der Waals surface area contributed by atoms with Crippen LogP contribution in [0.1, 0.15) is 30.0 Å². The van der Waals surface area contributed by atoms with Gasteiger partial charge in [-0.2, -0.15) is 0 Å². The Bertz CT molecular complexity index is 1070. The van der Waals surface area contributed by atoms with E-state index in [1.165, 1.54) is 36.3 Å². The summed E-state index contributed by atoms with van der Waals surface area (Å²) in [5.74, 6) is -1.28. The number of rotatable bonds is 6. The summed E-state index contributed by atoms with van der Waals surface area (Å²) < 4.78 is 10.8. The summed E-state index contributed by atoms with van der Waals surface area (Å²) in [6, 6.07) is 11.2. The number of carbonyl (C=O) groups excluding carboxylic acids is 2. The van der Waals surface area contributed by atoms with Gasteiger partial charge in [-0.15, -0.1) is 0 Å². The molecular formula is C23H22N2O7. The zero-order valence-corrected chi connectivity index (χ0v) is 17.4. The molecule has 32 heavy (non-hydrogen) atoms. The van der Waals surface area contributed by atoms with Gasteiger partial charge in [-0.05, 0) is 54.8 Å². The number of methoxy groups -OCH3 is 1. The molecule has 0 saturated carbocycles. The summed E-state index contributed by atoms with van der Waals surface area (Å²) in [5.41, 5.74) is 0.669. The molecule has 0 bridgehead atoms. The maximum absolute atomic E-state index is 13.0. The molecule has 9 nitrogen and oxygen atoms in total. The van der Waals surface area contributed by atoms with E-state index in [-0.39, 0.29) is 29.7 Å². The smallest absolute Gasteiger partial charge is 0.295 e. The minimum Gasteiger partial charge on any atom is -0.507 e. The van der Waals surface area contributed by atoms with Crippen LogP contribution in [0.15, 0.2) is 54.1 Å². The molecule has 2 aliphatic rings. The number of nitrogens with zero attached hydrogens (tertiary/aromatic N) is 2. The van der Waals surface area contributed by atoms with Gasteiger partial charge in [-0.3, -0.25) is 19.7 Å². The Balaban J connectivity index is 1.80. The third-order valence-corrected chi connectivity index (χ3v) is 5.75. The van der Waals surface area contributed by atoms with E-state index in [9.17, 15) is 24.8 Å². The molecule has 1 amide bonds. The Morgan fingerprint density at radius 3 is 2.44 bits per heavy atom. The van der Waals surface area contributed by atoms with Crippen molar-refractivity contribution in [2.24, 2.45) is 0 Å². The molecule has 2 unspecified atom stereocenters. The van der Waals surface area contributed by atoms with Crippen LogP contribution in [-0.4, -0.2) is 53.0 Å². The summed E-state index contributed by atoms with van der Waals surface area (Å²) in [4.78, 5) is 37.9. The first-order chi connectivity index (χ1) is 15.4. The van der Waals surface area contributed by atoms with Crippen LogP contribution in [0.5, 0.6) is 5.75 Å². The minimum absolute atomic E-state index is 0.0629. The summed E-state index contributed by atoms with van der Waals surface area (Å²) in [6.07, 6.45) is 1.41. The maximum Gasteiger partial charge on any atom is 0.295 e. The number of aliphatic hydroxyl groups is 1. The van der Waals surface area contributed by atoms with Crippen LogP contribution >= 0.6 is 0 Å². The van der Waals surface area contributed by atoms with Crippen molar-refractivity contribution < 1.29 is 29.1 Å². The van der Waals surface area contributed by atoms with Crippen LogP contribution < -0.4 is 4.74 Å². The van der Waals surface area contributed by atoms with Gasteiger partial charge in [0.1, 0.15) is 11.5 Å². The van der Waals surface area contributed by atoms with E-state index in [0.29, 0.717) is 23.5 Å². The largest absolute Gasteiger partial charge is 0.507 e. The Labute approximate surface area is 184 Å². The van der Waals surface area contributed by atoms with Gasteiger partial charge in [0.25, 0.3) is 17.4 Å². The summed E-state index contributed by atoms with van der Waals surface area (Å²) in [7, 11) is 1.51. The number of likely N-dealkylation sites (tertiary alicyclic amines) is 1. The van der Waals surface area contributed by atoms with Gasteiger partial charge in [0.15, 0.2) is 0 Å². The van der Waals surface area contributed by atoms with Crippen LogP contribution in [0.25, 0.3) is 5.76 Å². The topological polar surface area (TPSA) is 119 Å². The van der Waals surface area contributed by atoms with Crippen molar-refractivity contribution in [3.63, 3.8) is 0 Å². The second-order valence-corrected chi connectivity index (χ2v) is 7.66. The third kappa shape index (κ3) is 3.94. The zero-order chi connectivity index (χ0) is 22.8. The second kappa shape index (κ2) is 8.80. The molecule has 4 rings (SSSR count). The molecule has 2 aromatic rings. The van der Waals surface area contributed by atoms with Crippen molar-refractivity contribution in [3.05, 3.63) is 75.3 Å². The average Bonchev–Trinajstić information content (AvgIpc) is 3.41. The Morgan fingerprint density at radius 1 is 1.19 bits per heavy atom. The number of nitro benzene ring substituents is 1. The van der Waals surface area contributed by atoms with Crippen molar-refractivity contribution in [1.82, 2.24) is 4.90 Å². The SMILES string of the molecule is COc1ccc(/C(O)=C2\C(=O)C(=O)N(CC3CCCO3)C2c2ccc([N+](=O)[O-])cc2)cc1. The molecule has 2 saturated heterocycles. The lowest BCUT2D eigenvalue weighted by atomic mass is 9.95. The molecule has 1 N–H and O–H groups in total. The lowest BCUT2D eigenvalue weighted by Crippen LogP contribution is -2.36. The number of carbonyl (C=O) groups is 2. The summed E-state index contributed by atoms with van der Waals surface area (Å²) in [5, 5.41) is 22.1. The van der Waals surface area contributed by atoms with E-state index in [1.54, 1.807) is 24.3 Å². The number of hydrogen-bond acceptors (Lipinski definition) is 7. The van der Waals surface area contributed by atoms with Crippen molar-refractivity contribution in [3.8, 4) is 5.75 Å². The monoisotopic (exact) mass is 438 g/mol. The lowest BCUT2D eigenvalue weighted by molar-refractivity contribution is -0.384. The number of ether oxygens (including phenoxy) is 2. The van der Waals surface area contributed by atoms with Gasteiger partial charge < -0.3 is 19.5 Å². The number of hydrogen-bond donors (Lipinski definition) is 1. The molecule has 2 aromatic carbocycles. The van der Waals surface area contributed by atoms with Gasteiger partial charge in [0, 0.05) is 30.8 Å². The molecule has 9 heteroatoms. The predicted molar refractivity (Wildman–Crippen MR) is 114 cm³/mol. The molecule has 0 radical (unpaired) electrons. The number of aliphatic hydroxyl groups excluding tert-OH is 1. The van der Waals surface area contributed by atoms with E-state index in [1.807, 2.05) is 0 Å². The highest BCUT2D eigenvalue weighted by Gasteiger charge is 2.47. The number of ketones is 1. The number of amides is 1. The van der Waals surface area contributed by atoms with Crippen LogP contribution in [0.2, 0.25) is 0 Å². The first-order valence-corrected chi connectivity index (χ1v) is 10.2. The second-order valence-electron chi connectivity index (χ2n) is 7.66. The summed E-state index contributed by atoms with van der Waals surface area (Å²) in [6.45, 7) is 0.772. The van der Waals surface area contributed by atoms with Gasteiger partial charge in [0.2, 0.25) is 0 Å². The molecule has 0 aliphatic carbocycles. The highest BCUT2D eigenvalue weighted by molar-refractivity contribution is 6.46. The van der Waals surface area contributed by atoms with Crippen molar-refractivity contribution in [2.45, 2.75) is 25.0 Å². The van der Waals surface area contributed by atoms with Crippen LogP contribution in [0.3, 0.4) is 0 Å². The molecule has 0 aromatic heterocycles. The van der Waals surface area contributed by atoms with E-state index in [4.69, 9.17) is 9.47 Å². The van der Waals surface area contributed by atoms with E-state index >= 15 is 0 Å². The normalized spacial score (nSPS) is 22.3. The molecule has 2 atom stereocenters. The quantitative estimate of drug-likeness (QED) is 0.242. The van der Waals surface area contributed by atoms with Crippen molar-refractivity contribution in [1.29, 1.82) is 0 Å². The van der Waals surface area contributed by atoms with Gasteiger partial charge >= 0.3 is 0 Å². The Hall–Kier alpha value is -3.72. The van der Waals surface area contributed by atoms with Crippen LogP contribution in [0, 0.1) is 10.1 Å². The van der Waals surface area contributed by atoms with E-state index < -0.39 is 22.7 Å². The number of Topliss-reactive ketones (excluding diaryl/α,β-unsaturated/α-hetero) is 1. The first kappa shape index (κ1) is 21.5. The van der Waals surface area contributed by atoms with Crippen molar-refractivity contribution >= 4 is 23.1 Å². The number of nitro groups is 1. The van der Waals surface area contributed by atoms with Crippen LogP contribution in [0.4, 0.5) is 5.69 Å². The number of benzene rings is 2. The minimum atomic E-state index is -0.887. The third-order valence-electron chi connectivity index (χ3n) is 5.75. The molecule has 2 heterocycles. The fourth-order valence-electron chi connectivity index (χ4n) is 4.11. The van der Waals surface area contributed by atoms with Gasteiger partial charge in [0.05, 0.1) is 29.8 Å². The average molecular weight is 438 g/mol. The Kier molecular flexibility index (Phi) is 5.91. The molecule has 0 spiro atoms. The first-order valence-electron chi connectivity index (χ1n) is 10.2. The Morgan fingerprint density at radius 2 is 1.88 bits per heavy atom. The number of non-ortho nitro benzene ring substituents is 1. The zero-order valence-electron chi connectivity index (χ0n) is 17.4. The standard InChI is InChI=1S/C23H22N2O7/c1-31-17-10-6-15(7-11-17)21(26)19-20(14-4-8-16(9-5-14)25(29)30)24(23(28)22(19)27)13-18-3-2-12-32-18/h4-11,18,20,26H,2-3,12-13H2,1H3/b21-19+. The lowest BCUT2D eigenvalue weighted by Gasteiger charge is -2.27. The molecule has 2 fully saturated rings. The van der Waals surface area contributed by atoms with Crippen molar-refractivity contribution in [2.75, 3.05) is 20.3 Å². The molecule has 166 valence electrons. The molecule has 2 aliphatic heterocycles. The fraction of sp³-hybridized carbons (Fsp3) is 0.304. The summed E-state index contributed by atoms with van der Waals surface area (Å²) >= 11 is 0. The van der Waals surface area contributed by atoms with Crippen LogP contribution in [-0.2, 0) is 14.3 Å². The van der Waals surface area contributed by atoms with E-state index in [2.05, 4.69) is 0 Å². The highest BCUT2D eigenvalue weighted by atomic mass is 16.6. The van der Waals surface area contributed by atoms with Gasteiger partial charge in [-0.1, -0.05) is 0 Å². The molecular weight excluding hydrogens is 416 g/mol. The van der Waals surface area contributed by atoms with E-state index in [0.717, 1.165) is 12.8 Å². The predicted octanol–water partition coefficient (Wildman–Crippen LogP) is 3.20. The highest BCUT2D eigenvalue weighted by Crippen LogP contribution is 2.40. The maximum atomic E-state index is 13.0. The van der Waals surface area contributed by atoms with Gasteiger partial charge in [-0.25, -0.2) is 0 Å².